The third-order valence-electron chi connectivity index (χ3n) is 2.80. The first-order valence-corrected chi connectivity index (χ1v) is 6.64. The van der Waals surface area contributed by atoms with E-state index in [1.54, 1.807) is 0 Å². The summed E-state index contributed by atoms with van der Waals surface area (Å²) in [6.07, 6.45) is 4.68. The molecule has 0 N–H and O–H groups in total. The molecular weight excluding hydrogens is 273 g/mol. The van der Waals surface area contributed by atoms with E-state index in [0.29, 0.717) is 5.15 Å². The number of aryl methyl sites for hydroxylation is 2. The molecule has 0 amide bonds. The molecule has 0 saturated heterocycles. The average molecular weight is 287 g/mol. The van der Waals surface area contributed by atoms with Gasteiger partial charge in [-0.1, -0.05) is 34.1 Å². The molecule has 0 bridgehead atoms. The number of allylic oxidation sites excluding steroid dienone is 1. The van der Waals surface area contributed by atoms with Gasteiger partial charge in [0.05, 0.1) is 0 Å². The Morgan fingerprint density at radius 1 is 1.47 bits per heavy atom. The molecule has 0 fully saturated rings. The maximum absolute atomic E-state index is 6.14. The van der Waals surface area contributed by atoms with Crippen LogP contribution in [-0.4, -0.2) is 10.3 Å². The molecule has 0 aromatic carbocycles. The Morgan fingerprint density at radius 3 is 2.93 bits per heavy atom. The zero-order chi connectivity index (χ0) is 10.8. The van der Waals surface area contributed by atoms with Crippen molar-refractivity contribution in [3.05, 3.63) is 34.6 Å². The summed E-state index contributed by atoms with van der Waals surface area (Å²) < 4.78 is 0. The SMILES string of the molecule is C=C(CBr)c1cc2c(nc1Cl)CCCC2. The summed E-state index contributed by atoms with van der Waals surface area (Å²) in [5.41, 5.74) is 4.52. The minimum Gasteiger partial charge on any atom is -0.240 e. The molecule has 3 heteroatoms. The second-order valence-electron chi connectivity index (χ2n) is 3.88. The number of hydrogen-bond donors (Lipinski definition) is 0. The van der Waals surface area contributed by atoms with E-state index in [1.165, 1.54) is 24.1 Å². The fourth-order valence-corrected chi connectivity index (χ4v) is 2.52. The van der Waals surface area contributed by atoms with Gasteiger partial charge in [-0.3, -0.25) is 0 Å². The van der Waals surface area contributed by atoms with Gasteiger partial charge >= 0.3 is 0 Å². The standard InChI is InChI=1S/C12H13BrClN/c1-8(7-13)10-6-9-4-2-3-5-11(9)15-12(10)14/h6H,1-5,7H2. The van der Waals surface area contributed by atoms with E-state index in [1.807, 2.05) is 0 Å². The number of rotatable bonds is 2. The van der Waals surface area contributed by atoms with Crippen molar-refractivity contribution in [2.45, 2.75) is 25.7 Å². The summed E-state index contributed by atoms with van der Waals surface area (Å²) in [5.74, 6) is 0. The van der Waals surface area contributed by atoms with Gasteiger partial charge in [-0.15, -0.1) is 0 Å². The minimum atomic E-state index is 0.597. The van der Waals surface area contributed by atoms with E-state index in [0.717, 1.165) is 29.3 Å². The van der Waals surface area contributed by atoms with E-state index in [2.05, 4.69) is 33.6 Å². The van der Waals surface area contributed by atoms with Crippen molar-refractivity contribution in [1.82, 2.24) is 4.98 Å². The molecule has 0 unspecified atom stereocenters. The molecule has 1 heterocycles. The van der Waals surface area contributed by atoms with Gasteiger partial charge in [-0.25, -0.2) is 4.98 Å². The fraction of sp³-hybridized carbons (Fsp3) is 0.417. The molecule has 0 radical (unpaired) electrons. The molecule has 1 nitrogen and oxygen atoms in total. The van der Waals surface area contributed by atoms with Crippen LogP contribution in [0.25, 0.3) is 5.57 Å². The first kappa shape index (κ1) is 11.2. The molecule has 0 atom stereocenters. The lowest BCUT2D eigenvalue weighted by Crippen LogP contribution is -2.07. The third kappa shape index (κ3) is 2.26. The van der Waals surface area contributed by atoms with Crippen LogP contribution in [0.2, 0.25) is 5.15 Å². The summed E-state index contributed by atoms with van der Waals surface area (Å²) in [6.45, 7) is 3.98. The van der Waals surface area contributed by atoms with Crippen LogP contribution in [0.3, 0.4) is 0 Å². The molecule has 2 rings (SSSR count). The van der Waals surface area contributed by atoms with Gasteiger partial charge in [0.2, 0.25) is 0 Å². The number of nitrogens with zero attached hydrogens (tertiary/aromatic N) is 1. The highest BCUT2D eigenvalue weighted by atomic mass is 79.9. The van der Waals surface area contributed by atoms with E-state index < -0.39 is 0 Å². The van der Waals surface area contributed by atoms with Crippen LogP contribution >= 0.6 is 27.5 Å². The minimum absolute atomic E-state index is 0.597. The summed E-state index contributed by atoms with van der Waals surface area (Å²) in [5, 5.41) is 1.34. The first-order valence-electron chi connectivity index (χ1n) is 5.15. The maximum atomic E-state index is 6.14. The molecule has 80 valence electrons. The van der Waals surface area contributed by atoms with Gasteiger partial charge in [-0.05, 0) is 42.9 Å². The van der Waals surface area contributed by atoms with Crippen LogP contribution in [0.1, 0.15) is 29.7 Å². The fourth-order valence-electron chi connectivity index (χ4n) is 1.93. The van der Waals surface area contributed by atoms with E-state index in [9.17, 15) is 0 Å². The zero-order valence-electron chi connectivity index (χ0n) is 8.52. The highest BCUT2D eigenvalue weighted by Crippen LogP contribution is 2.28. The molecule has 1 aromatic rings. The van der Waals surface area contributed by atoms with Gasteiger partial charge in [0.15, 0.2) is 0 Å². The molecule has 1 aliphatic rings. The van der Waals surface area contributed by atoms with Crippen molar-refractivity contribution >= 4 is 33.1 Å². The Kier molecular flexibility index (Phi) is 3.47. The van der Waals surface area contributed by atoms with Gasteiger partial charge in [0, 0.05) is 16.6 Å². The lowest BCUT2D eigenvalue weighted by Gasteiger charge is -2.17. The monoisotopic (exact) mass is 285 g/mol. The molecule has 0 aliphatic heterocycles. The molecule has 1 aromatic heterocycles. The lowest BCUT2D eigenvalue weighted by atomic mass is 9.94. The summed E-state index contributed by atoms with van der Waals surface area (Å²) >= 11 is 9.54. The van der Waals surface area contributed by atoms with E-state index in [4.69, 9.17) is 11.6 Å². The van der Waals surface area contributed by atoms with E-state index in [-0.39, 0.29) is 0 Å². The highest BCUT2D eigenvalue weighted by Gasteiger charge is 2.14. The molecular formula is C12H13BrClN. The highest BCUT2D eigenvalue weighted by molar-refractivity contribution is 9.09. The van der Waals surface area contributed by atoms with Gasteiger partial charge < -0.3 is 0 Å². The quantitative estimate of drug-likeness (QED) is 0.591. The molecule has 1 aliphatic carbocycles. The van der Waals surface area contributed by atoms with Crippen molar-refractivity contribution < 1.29 is 0 Å². The largest absolute Gasteiger partial charge is 0.240 e. The predicted octanol–water partition coefficient (Wildman–Crippen LogP) is 4.02. The Morgan fingerprint density at radius 2 is 2.20 bits per heavy atom. The summed E-state index contributed by atoms with van der Waals surface area (Å²) in [4.78, 5) is 4.47. The Hall–Kier alpha value is -0.340. The van der Waals surface area contributed by atoms with Crippen LogP contribution < -0.4 is 0 Å². The normalized spacial score (nSPS) is 14.8. The second-order valence-corrected chi connectivity index (χ2v) is 4.80. The van der Waals surface area contributed by atoms with Crippen molar-refractivity contribution in [2.24, 2.45) is 0 Å². The first-order chi connectivity index (χ1) is 7.22. The smallest absolute Gasteiger partial charge is 0.136 e. The number of halogens is 2. The van der Waals surface area contributed by atoms with Gasteiger partial charge in [0.1, 0.15) is 5.15 Å². The summed E-state index contributed by atoms with van der Waals surface area (Å²) in [6, 6.07) is 2.16. The van der Waals surface area contributed by atoms with Crippen molar-refractivity contribution in [3.63, 3.8) is 0 Å². The molecule has 15 heavy (non-hydrogen) atoms. The van der Waals surface area contributed by atoms with Crippen LogP contribution in [0.4, 0.5) is 0 Å². The number of fused-ring (bicyclic) bond motifs is 1. The topological polar surface area (TPSA) is 12.9 Å². The number of hydrogen-bond acceptors (Lipinski definition) is 1. The maximum Gasteiger partial charge on any atom is 0.136 e. The third-order valence-corrected chi connectivity index (χ3v) is 3.76. The number of alkyl halides is 1. The van der Waals surface area contributed by atoms with Crippen LogP contribution in [0.5, 0.6) is 0 Å². The zero-order valence-corrected chi connectivity index (χ0v) is 10.9. The lowest BCUT2D eigenvalue weighted by molar-refractivity contribution is 0.667. The van der Waals surface area contributed by atoms with E-state index >= 15 is 0 Å². The number of pyridine rings is 1. The van der Waals surface area contributed by atoms with Crippen LogP contribution in [-0.2, 0) is 12.8 Å². The molecule has 0 spiro atoms. The van der Waals surface area contributed by atoms with Gasteiger partial charge in [0.25, 0.3) is 0 Å². The van der Waals surface area contributed by atoms with Crippen molar-refractivity contribution in [2.75, 3.05) is 5.33 Å². The van der Waals surface area contributed by atoms with Gasteiger partial charge in [-0.2, -0.15) is 0 Å². The van der Waals surface area contributed by atoms with Crippen molar-refractivity contribution in [1.29, 1.82) is 0 Å². The second kappa shape index (κ2) is 4.67. The van der Waals surface area contributed by atoms with Crippen LogP contribution in [0.15, 0.2) is 12.6 Å². The average Bonchev–Trinajstić information content (AvgIpc) is 2.27. The Balaban J connectivity index is 2.44. The van der Waals surface area contributed by atoms with Crippen molar-refractivity contribution in [3.8, 4) is 0 Å². The summed E-state index contributed by atoms with van der Waals surface area (Å²) in [7, 11) is 0. The Labute approximate surface area is 104 Å². The molecule has 0 saturated carbocycles. The number of aromatic nitrogens is 1. The Bertz CT molecular complexity index is 401. The predicted molar refractivity (Wildman–Crippen MR) is 68.7 cm³/mol. The van der Waals surface area contributed by atoms with Crippen LogP contribution in [0, 0.1) is 0 Å².